The summed E-state index contributed by atoms with van der Waals surface area (Å²) in [5.74, 6) is 0. The molecule has 0 saturated heterocycles. The Morgan fingerprint density at radius 1 is 1.17 bits per heavy atom. The fourth-order valence-corrected chi connectivity index (χ4v) is 3.09. The van der Waals surface area contributed by atoms with E-state index in [2.05, 4.69) is 47.1 Å². The number of hydrogen-bond acceptors (Lipinski definition) is 4. The van der Waals surface area contributed by atoms with Crippen molar-refractivity contribution in [3.63, 3.8) is 0 Å². The van der Waals surface area contributed by atoms with Gasteiger partial charge in [0, 0.05) is 25.3 Å². The Morgan fingerprint density at radius 2 is 1.93 bits per heavy atom. The van der Waals surface area contributed by atoms with Gasteiger partial charge in [-0.2, -0.15) is 0 Å². The van der Waals surface area contributed by atoms with E-state index >= 15 is 0 Å². The molecule has 2 N–H and O–H groups in total. The standard InChI is InChI=1S/C24H34N4O2/c1-6-7-8-12-20-13-10-14-21(16-20)19(3)27-30-17-22-18(2)11-9-15-23(22)26-24(29)28(5)25-4/h9-11,13-16,25H,6-8,12,17H2,1-5H3,(H,26,29). The highest BCUT2D eigenvalue weighted by molar-refractivity contribution is 5.98. The number of oxime groups is 1. The average molecular weight is 411 g/mol. The number of hydrazine groups is 1. The van der Waals surface area contributed by atoms with Gasteiger partial charge >= 0.3 is 6.03 Å². The van der Waals surface area contributed by atoms with Gasteiger partial charge in [-0.05, 0) is 55.5 Å². The summed E-state index contributed by atoms with van der Waals surface area (Å²) in [6, 6.07) is 14.0. The third-order valence-electron chi connectivity index (χ3n) is 5.12. The first-order valence-electron chi connectivity index (χ1n) is 10.5. The normalized spacial score (nSPS) is 11.3. The van der Waals surface area contributed by atoms with Crippen molar-refractivity contribution in [2.75, 3.05) is 19.4 Å². The van der Waals surface area contributed by atoms with Gasteiger partial charge in [-0.1, -0.05) is 55.3 Å². The number of carbonyl (C=O) groups excluding carboxylic acids is 1. The summed E-state index contributed by atoms with van der Waals surface area (Å²) in [7, 11) is 3.35. The maximum Gasteiger partial charge on any atom is 0.335 e. The number of nitrogens with zero attached hydrogens (tertiary/aromatic N) is 2. The Morgan fingerprint density at radius 3 is 2.67 bits per heavy atom. The van der Waals surface area contributed by atoms with Gasteiger partial charge < -0.3 is 10.2 Å². The predicted molar refractivity (Wildman–Crippen MR) is 124 cm³/mol. The molecule has 2 aromatic carbocycles. The lowest BCUT2D eigenvalue weighted by Crippen LogP contribution is -2.40. The van der Waals surface area contributed by atoms with Gasteiger partial charge in [0.25, 0.3) is 0 Å². The van der Waals surface area contributed by atoms with Crippen LogP contribution in [0, 0.1) is 6.92 Å². The van der Waals surface area contributed by atoms with Crippen LogP contribution in [0.4, 0.5) is 10.5 Å². The van der Waals surface area contributed by atoms with Crippen LogP contribution >= 0.6 is 0 Å². The molecule has 0 aliphatic heterocycles. The van der Waals surface area contributed by atoms with Gasteiger partial charge in [0.15, 0.2) is 0 Å². The van der Waals surface area contributed by atoms with E-state index in [0.29, 0.717) is 5.69 Å². The van der Waals surface area contributed by atoms with Crippen molar-refractivity contribution < 1.29 is 9.63 Å². The van der Waals surface area contributed by atoms with Crippen LogP contribution < -0.4 is 10.7 Å². The summed E-state index contributed by atoms with van der Waals surface area (Å²) < 4.78 is 0. The van der Waals surface area contributed by atoms with E-state index in [9.17, 15) is 4.79 Å². The van der Waals surface area contributed by atoms with Crippen molar-refractivity contribution in [1.82, 2.24) is 10.4 Å². The third-order valence-corrected chi connectivity index (χ3v) is 5.12. The third kappa shape index (κ3) is 6.88. The molecule has 0 heterocycles. The van der Waals surface area contributed by atoms with Crippen LogP contribution in [0.15, 0.2) is 47.6 Å². The number of urea groups is 1. The van der Waals surface area contributed by atoms with Gasteiger partial charge in [0.05, 0.1) is 5.71 Å². The smallest absolute Gasteiger partial charge is 0.335 e. The molecule has 30 heavy (non-hydrogen) atoms. The van der Waals surface area contributed by atoms with Gasteiger partial charge in [0.1, 0.15) is 6.61 Å². The van der Waals surface area contributed by atoms with Gasteiger partial charge in [-0.25, -0.2) is 10.2 Å². The molecule has 0 unspecified atom stereocenters. The first-order chi connectivity index (χ1) is 14.5. The van der Waals surface area contributed by atoms with E-state index in [4.69, 9.17) is 4.84 Å². The molecular formula is C24H34N4O2. The number of aryl methyl sites for hydroxylation is 2. The van der Waals surface area contributed by atoms with Crippen LogP contribution in [0.3, 0.4) is 0 Å². The number of rotatable bonds is 10. The number of amides is 2. The van der Waals surface area contributed by atoms with E-state index < -0.39 is 0 Å². The molecule has 0 bridgehead atoms. The van der Waals surface area contributed by atoms with Crippen molar-refractivity contribution in [3.8, 4) is 0 Å². The number of nitrogens with one attached hydrogen (secondary N) is 2. The molecule has 2 aromatic rings. The first-order valence-corrected chi connectivity index (χ1v) is 10.5. The molecule has 0 atom stereocenters. The van der Waals surface area contributed by atoms with Crippen LogP contribution in [0.25, 0.3) is 0 Å². The van der Waals surface area contributed by atoms with Crippen LogP contribution in [0.5, 0.6) is 0 Å². The molecule has 0 radical (unpaired) electrons. The van der Waals surface area contributed by atoms with Crippen LogP contribution in [-0.2, 0) is 17.9 Å². The topological polar surface area (TPSA) is 66.0 Å². The molecule has 0 spiro atoms. The van der Waals surface area contributed by atoms with E-state index in [-0.39, 0.29) is 12.6 Å². The number of benzene rings is 2. The fourth-order valence-electron chi connectivity index (χ4n) is 3.09. The van der Waals surface area contributed by atoms with Crippen molar-refractivity contribution in [2.45, 2.75) is 53.1 Å². The Balaban J connectivity index is 2.06. The first kappa shape index (κ1) is 23.4. The zero-order chi connectivity index (χ0) is 21.9. The minimum atomic E-state index is -0.246. The second-order valence-corrected chi connectivity index (χ2v) is 7.42. The Labute approximate surface area is 180 Å². The summed E-state index contributed by atoms with van der Waals surface area (Å²) in [6.07, 6.45) is 4.76. The lowest BCUT2D eigenvalue weighted by Gasteiger charge is -2.18. The molecular weight excluding hydrogens is 376 g/mol. The monoisotopic (exact) mass is 410 g/mol. The maximum absolute atomic E-state index is 12.2. The molecule has 0 fully saturated rings. The molecule has 0 aromatic heterocycles. The Kier molecular flexibility index (Phi) is 9.35. The van der Waals surface area contributed by atoms with E-state index in [1.165, 1.54) is 29.8 Å². The summed E-state index contributed by atoms with van der Waals surface area (Å²) in [5.41, 5.74) is 8.66. The lowest BCUT2D eigenvalue weighted by molar-refractivity contribution is 0.130. The lowest BCUT2D eigenvalue weighted by atomic mass is 10.0. The highest BCUT2D eigenvalue weighted by Crippen LogP contribution is 2.21. The van der Waals surface area contributed by atoms with Crippen LogP contribution in [-0.4, -0.2) is 30.8 Å². The quantitative estimate of drug-likeness (QED) is 0.319. The molecule has 0 saturated carbocycles. The molecule has 2 amide bonds. The molecule has 2 rings (SSSR count). The van der Waals surface area contributed by atoms with Gasteiger partial charge in [-0.15, -0.1) is 0 Å². The number of carbonyl (C=O) groups is 1. The van der Waals surface area contributed by atoms with Crippen molar-refractivity contribution >= 4 is 17.4 Å². The molecule has 0 aliphatic carbocycles. The van der Waals surface area contributed by atoms with Gasteiger partial charge in [-0.3, -0.25) is 5.01 Å². The van der Waals surface area contributed by atoms with Crippen molar-refractivity contribution in [1.29, 1.82) is 0 Å². The summed E-state index contributed by atoms with van der Waals surface area (Å²) in [6.45, 7) is 6.44. The highest BCUT2D eigenvalue weighted by Gasteiger charge is 2.12. The van der Waals surface area contributed by atoms with Gasteiger partial charge in [0.2, 0.25) is 0 Å². The average Bonchev–Trinajstić information content (AvgIpc) is 2.75. The SMILES string of the molecule is CCCCCc1cccc(C(C)=NOCc2c(C)cccc2NC(=O)N(C)NC)c1. The Bertz CT molecular complexity index is 864. The Hall–Kier alpha value is -2.86. The largest absolute Gasteiger partial charge is 0.391 e. The summed E-state index contributed by atoms with van der Waals surface area (Å²) in [4.78, 5) is 17.9. The van der Waals surface area contributed by atoms with Crippen LogP contribution in [0.2, 0.25) is 0 Å². The fraction of sp³-hybridized carbons (Fsp3) is 0.417. The highest BCUT2D eigenvalue weighted by atomic mass is 16.6. The van der Waals surface area contributed by atoms with E-state index in [1.807, 2.05) is 32.0 Å². The second-order valence-electron chi connectivity index (χ2n) is 7.42. The summed E-state index contributed by atoms with van der Waals surface area (Å²) >= 11 is 0. The minimum absolute atomic E-state index is 0.246. The van der Waals surface area contributed by atoms with Crippen molar-refractivity contribution in [3.05, 3.63) is 64.7 Å². The molecule has 0 aliphatic rings. The number of unbranched alkanes of at least 4 members (excludes halogenated alkanes) is 2. The second kappa shape index (κ2) is 12.0. The molecule has 6 heteroatoms. The maximum atomic E-state index is 12.2. The van der Waals surface area contributed by atoms with Crippen LogP contribution in [0.1, 0.15) is 55.4 Å². The number of anilines is 1. The summed E-state index contributed by atoms with van der Waals surface area (Å²) in [5, 5.41) is 8.60. The predicted octanol–water partition coefficient (Wildman–Crippen LogP) is 5.27. The van der Waals surface area contributed by atoms with Crippen molar-refractivity contribution in [2.24, 2.45) is 5.16 Å². The number of hydrogen-bond donors (Lipinski definition) is 2. The van der Waals surface area contributed by atoms with E-state index in [1.54, 1.807) is 14.1 Å². The zero-order valence-electron chi connectivity index (χ0n) is 18.8. The minimum Gasteiger partial charge on any atom is -0.391 e. The van der Waals surface area contributed by atoms with E-state index in [0.717, 1.165) is 28.8 Å². The molecule has 162 valence electrons. The molecule has 6 nitrogen and oxygen atoms in total. The zero-order valence-corrected chi connectivity index (χ0v) is 18.8.